The number of halogens is 1. The van der Waals surface area contributed by atoms with E-state index in [4.69, 9.17) is 9.47 Å². The summed E-state index contributed by atoms with van der Waals surface area (Å²) in [6.07, 6.45) is 11.6. The number of thiol groups is 4. The molecule has 2 aromatic carbocycles. The molecule has 0 N–H and O–H groups in total. The van der Waals surface area contributed by atoms with Crippen LogP contribution in [0.15, 0.2) is 42.5 Å². The third-order valence-corrected chi connectivity index (χ3v) is 8.23. The standard InChI is InChI=1S/C30H39IO4S4/c31-24-13-11-22(12-14-24)9-10-23-19-25(34-29(32)7-3-1-5-27(38)15-17-36)21-26(20-23)35-30(33)8-4-2-6-28(39)16-18-37/h9-14,19-21,27-28,36-39H,1-8,15-18H2/b10-9+. The number of hydrogen-bond acceptors (Lipinski definition) is 8. The average molecular weight is 719 g/mol. The van der Waals surface area contributed by atoms with Crippen molar-refractivity contribution >= 4 is 97.2 Å². The van der Waals surface area contributed by atoms with Crippen molar-refractivity contribution in [3.8, 4) is 11.5 Å². The van der Waals surface area contributed by atoms with Gasteiger partial charge >= 0.3 is 11.9 Å². The van der Waals surface area contributed by atoms with Gasteiger partial charge in [0.2, 0.25) is 0 Å². The molecule has 0 heterocycles. The smallest absolute Gasteiger partial charge is 0.311 e. The molecule has 0 saturated carbocycles. The number of rotatable bonds is 18. The molecule has 4 nitrogen and oxygen atoms in total. The van der Waals surface area contributed by atoms with Crippen molar-refractivity contribution in [3.05, 3.63) is 57.2 Å². The van der Waals surface area contributed by atoms with Gasteiger partial charge in [-0.15, -0.1) is 0 Å². The number of benzene rings is 2. The lowest BCUT2D eigenvalue weighted by Gasteiger charge is -2.11. The molecule has 0 aliphatic rings. The summed E-state index contributed by atoms with van der Waals surface area (Å²) in [6, 6.07) is 13.3. The van der Waals surface area contributed by atoms with Crippen LogP contribution >= 0.6 is 73.1 Å². The van der Waals surface area contributed by atoms with Gasteiger partial charge in [-0.25, -0.2) is 0 Å². The number of carbonyl (C=O) groups excluding carboxylic acids is 2. The van der Waals surface area contributed by atoms with Gasteiger partial charge in [-0.1, -0.05) is 37.1 Å². The third-order valence-electron chi connectivity index (χ3n) is 5.97. The zero-order valence-electron chi connectivity index (χ0n) is 22.1. The monoisotopic (exact) mass is 718 g/mol. The van der Waals surface area contributed by atoms with E-state index in [2.05, 4.69) is 73.1 Å². The first kappa shape index (κ1) is 34.5. The maximum Gasteiger partial charge on any atom is 0.311 e. The second-order valence-electron chi connectivity index (χ2n) is 9.39. The highest BCUT2D eigenvalue weighted by Gasteiger charge is 2.12. The SMILES string of the molecule is O=C(CCCCC(S)CCS)Oc1cc(/C=C/c2ccc(I)cc2)cc(OC(=O)CCCCC(S)CCS)c1. The fourth-order valence-corrected chi connectivity index (χ4v) is 5.84. The predicted molar refractivity (Wildman–Crippen MR) is 185 cm³/mol. The lowest BCUT2D eigenvalue weighted by Crippen LogP contribution is -2.10. The normalized spacial score (nSPS) is 12.8. The molecule has 0 aliphatic heterocycles. The Kier molecular flexibility index (Phi) is 17.8. The highest BCUT2D eigenvalue weighted by atomic mass is 127. The molecule has 0 spiro atoms. The topological polar surface area (TPSA) is 52.6 Å². The van der Waals surface area contributed by atoms with Crippen LogP contribution in [-0.2, 0) is 9.59 Å². The molecule has 2 unspecified atom stereocenters. The molecule has 0 bridgehead atoms. The van der Waals surface area contributed by atoms with Gasteiger partial charge < -0.3 is 9.47 Å². The first-order chi connectivity index (χ1) is 18.8. The van der Waals surface area contributed by atoms with Crippen LogP contribution in [0.3, 0.4) is 0 Å². The highest BCUT2D eigenvalue weighted by Crippen LogP contribution is 2.26. The van der Waals surface area contributed by atoms with Gasteiger partial charge in [0.25, 0.3) is 0 Å². The number of unbranched alkanes of at least 4 members (excludes halogenated alkanes) is 2. The molecule has 0 saturated heterocycles. The van der Waals surface area contributed by atoms with Gasteiger partial charge in [0, 0.05) is 33.0 Å². The van der Waals surface area contributed by atoms with E-state index in [1.165, 1.54) is 0 Å². The van der Waals surface area contributed by atoms with E-state index in [0.717, 1.165) is 77.6 Å². The number of esters is 2. The Morgan fingerprint density at radius 2 is 1.15 bits per heavy atom. The molecule has 0 aliphatic carbocycles. The van der Waals surface area contributed by atoms with E-state index >= 15 is 0 Å². The second kappa shape index (κ2) is 20.2. The molecule has 0 amide bonds. The summed E-state index contributed by atoms with van der Waals surface area (Å²) in [5.41, 5.74) is 1.81. The van der Waals surface area contributed by atoms with Crippen LogP contribution in [0.5, 0.6) is 11.5 Å². The van der Waals surface area contributed by atoms with Crippen molar-refractivity contribution in [2.75, 3.05) is 11.5 Å². The van der Waals surface area contributed by atoms with Crippen molar-refractivity contribution in [3.63, 3.8) is 0 Å². The minimum Gasteiger partial charge on any atom is -0.426 e. The van der Waals surface area contributed by atoms with E-state index in [0.29, 0.717) is 34.8 Å². The number of carbonyl (C=O) groups is 2. The van der Waals surface area contributed by atoms with Gasteiger partial charge in [-0.2, -0.15) is 50.5 Å². The summed E-state index contributed by atoms with van der Waals surface area (Å²) in [6.45, 7) is 0. The van der Waals surface area contributed by atoms with Crippen LogP contribution in [0.4, 0.5) is 0 Å². The largest absolute Gasteiger partial charge is 0.426 e. The first-order valence-corrected chi connectivity index (χ1v) is 16.7. The minimum absolute atomic E-state index is 0.305. The maximum absolute atomic E-state index is 12.5. The molecule has 0 aromatic heterocycles. The highest BCUT2D eigenvalue weighted by molar-refractivity contribution is 14.1. The van der Waals surface area contributed by atoms with Gasteiger partial charge in [-0.05, 0) is 108 Å². The Morgan fingerprint density at radius 1 is 0.692 bits per heavy atom. The van der Waals surface area contributed by atoms with E-state index in [1.54, 1.807) is 18.2 Å². The molecule has 39 heavy (non-hydrogen) atoms. The summed E-state index contributed by atoms with van der Waals surface area (Å²) < 4.78 is 12.4. The fourth-order valence-electron chi connectivity index (χ4n) is 3.82. The van der Waals surface area contributed by atoms with Crippen LogP contribution in [0.25, 0.3) is 12.2 Å². The van der Waals surface area contributed by atoms with E-state index in [9.17, 15) is 9.59 Å². The van der Waals surface area contributed by atoms with Gasteiger partial charge in [-0.3, -0.25) is 9.59 Å². The summed E-state index contributed by atoms with van der Waals surface area (Å²) in [5.74, 6) is 1.73. The molecule has 0 fully saturated rings. The lowest BCUT2D eigenvalue weighted by atomic mass is 10.1. The van der Waals surface area contributed by atoms with Crippen molar-refractivity contribution in [2.45, 2.75) is 74.7 Å². The summed E-state index contributed by atoms with van der Waals surface area (Å²) in [4.78, 5) is 25.0. The van der Waals surface area contributed by atoms with Crippen LogP contribution < -0.4 is 9.47 Å². The Morgan fingerprint density at radius 3 is 1.62 bits per heavy atom. The summed E-state index contributed by atoms with van der Waals surface area (Å²) in [5, 5.41) is 0.611. The Bertz CT molecular complexity index is 994. The average Bonchev–Trinajstić information content (AvgIpc) is 2.89. The maximum atomic E-state index is 12.5. The zero-order valence-corrected chi connectivity index (χ0v) is 27.9. The fraction of sp³-hybridized carbons (Fsp3) is 0.467. The summed E-state index contributed by atoms with van der Waals surface area (Å²) >= 11 is 19.8. The van der Waals surface area contributed by atoms with Crippen LogP contribution in [0.2, 0.25) is 0 Å². The lowest BCUT2D eigenvalue weighted by molar-refractivity contribution is -0.135. The van der Waals surface area contributed by atoms with Crippen molar-refractivity contribution in [1.82, 2.24) is 0 Å². The zero-order chi connectivity index (χ0) is 28.5. The van der Waals surface area contributed by atoms with E-state index < -0.39 is 0 Å². The van der Waals surface area contributed by atoms with Crippen molar-refractivity contribution in [1.29, 1.82) is 0 Å². The Balaban J connectivity index is 2.02. The van der Waals surface area contributed by atoms with Gasteiger partial charge in [0.15, 0.2) is 0 Å². The van der Waals surface area contributed by atoms with Gasteiger partial charge in [0.05, 0.1) is 0 Å². The molecule has 9 heteroatoms. The molecule has 2 atom stereocenters. The Labute approximate surface area is 269 Å². The first-order valence-electron chi connectivity index (χ1n) is 13.4. The molecular formula is C30H39IO4S4. The third kappa shape index (κ3) is 15.7. The van der Waals surface area contributed by atoms with Gasteiger partial charge in [0.1, 0.15) is 11.5 Å². The Hall–Kier alpha value is -0.750. The minimum atomic E-state index is -0.307. The summed E-state index contributed by atoms with van der Waals surface area (Å²) in [7, 11) is 0. The molecule has 2 aromatic rings. The quantitative estimate of drug-likeness (QED) is 0.0312. The second-order valence-corrected chi connectivity index (χ2v) is 13.0. The molecule has 214 valence electrons. The van der Waals surface area contributed by atoms with Crippen LogP contribution in [-0.4, -0.2) is 33.9 Å². The number of hydrogen-bond donors (Lipinski definition) is 4. The van der Waals surface area contributed by atoms with Crippen LogP contribution in [0, 0.1) is 3.57 Å². The van der Waals surface area contributed by atoms with E-state index in [-0.39, 0.29) is 11.9 Å². The molecular weight excluding hydrogens is 679 g/mol. The molecule has 2 rings (SSSR count). The van der Waals surface area contributed by atoms with Crippen molar-refractivity contribution in [2.24, 2.45) is 0 Å². The predicted octanol–water partition coefficient (Wildman–Crippen LogP) is 8.63. The van der Waals surface area contributed by atoms with Crippen LogP contribution in [0.1, 0.15) is 75.3 Å². The van der Waals surface area contributed by atoms with Crippen molar-refractivity contribution < 1.29 is 19.1 Å². The number of ether oxygens (including phenoxy) is 2. The molecule has 0 radical (unpaired) electrons. The van der Waals surface area contributed by atoms with E-state index in [1.807, 2.05) is 36.4 Å².